The van der Waals surface area contributed by atoms with E-state index >= 15 is 0 Å². The molecule has 0 spiro atoms. The third kappa shape index (κ3) is 10.5. The van der Waals surface area contributed by atoms with E-state index in [2.05, 4.69) is 376 Å². The van der Waals surface area contributed by atoms with Crippen molar-refractivity contribution in [3.63, 3.8) is 0 Å². The molecule has 0 heterocycles. The van der Waals surface area contributed by atoms with Gasteiger partial charge in [0.2, 0.25) is 0 Å². The van der Waals surface area contributed by atoms with Crippen LogP contribution in [0.5, 0.6) is 0 Å². The summed E-state index contributed by atoms with van der Waals surface area (Å²) in [6.45, 7) is 0. The molecule has 0 fully saturated rings. The smallest absolute Gasteiger partial charge is 0.00257 e. The highest BCUT2D eigenvalue weighted by atomic mass is 14.2. The van der Waals surface area contributed by atoms with Gasteiger partial charge in [-0.1, -0.05) is 346 Å². The van der Waals surface area contributed by atoms with Gasteiger partial charge in [-0.3, -0.25) is 0 Å². The lowest BCUT2D eigenvalue weighted by atomic mass is 9.83. The first-order valence-electron chi connectivity index (χ1n) is 31.8. The van der Waals surface area contributed by atoms with Crippen molar-refractivity contribution in [2.24, 2.45) is 0 Å². The highest BCUT2D eigenvalue weighted by Gasteiger charge is 2.21. The van der Waals surface area contributed by atoms with E-state index in [0.717, 1.165) is 0 Å². The van der Waals surface area contributed by atoms with Crippen LogP contribution in [-0.4, -0.2) is 0 Å². The molecule has 0 aliphatic heterocycles. The van der Waals surface area contributed by atoms with Gasteiger partial charge in [0.15, 0.2) is 0 Å². The lowest BCUT2D eigenvalue weighted by molar-refractivity contribution is 1.58. The average Bonchev–Trinajstić information content (AvgIpc) is 0.759. The van der Waals surface area contributed by atoms with Gasteiger partial charge < -0.3 is 0 Å². The van der Waals surface area contributed by atoms with Gasteiger partial charge in [0.1, 0.15) is 0 Å². The number of benzene rings is 17. The summed E-state index contributed by atoms with van der Waals surface area (Å²) >= 11 is 0. The highest BCUT2D eigenvalue weighted by molar-refractivity contribution is 6.24. The number of hydrogen-bond donors (Lipinski definition) is 0. The Morgan fingerprint density at radius 3 is 0.859 bits per heavy atom. The van der Waals surface area contributed by atoms with Crippen LogP contribution in [0, 0.1) is 0 Å². The summed E-state index contributed by atoms with van der Waals surface area (Å²) < 4.78 is 0. The molecular formula is C92H62. The number of hydrogen-bond acceptors (Lipinski definition) is 0. The van der Waals surface area contributed by atoms with E-state index in [1.807, 2.05) is 0 Å². The van der Waals surface area contributed by atoms with E-state index < -0.39 is 0 Å². The Balaban J connectivity index is 0.000000147. The minimum Gasteiger partial charge on any atom is -0.0622 e. The van der Waals surface area contributed by atoms with E-state index in [0.29, 0.717) is 0 Å². The van der Waals surface area contributed by atoms with Crippen LogP contribution in [0.4, 0.5) is 0 Å². The number of rotatable bonds is 10. The minimum atomic E-state index is 1.21. The largest absolute Gasteiger partial charge is 0.0622 e. The van der Waals surface area contributed by atoms with Crippen LogP contribution in [0.2, 0.25) is 0 Å². The SMILES string of the molecule is c1ccc(-c2cc(-c3ccccc3)cc(-c3c4ccccc4c(-c4ccccc4)c4ccc(-c5cccc6ccccc56)cc34)c2)cc1.c1ccc(-c2ccc3c(-c4ccccc4)c4ccccc4c(-c4ccc(-c5ccccc5-c5ccccc5)cc4)c3c2)cc1. The summed E-state index contributed by atoms with van der Waals surface area (Å²) in [5.41, 5.74) is 24.7. The van der Waals surface area contributed by atoms with Gasteiger partial charge in [0, 0.05) is 0 Å². The molecule has 0 aliphatic carbocycles. The van der Waals surface area contributed by atoms with Crippen LogP contribution in [0.15, 0.2) is 376 Å². The first kappa shape index (κ1) is 55.4. The zero-order valence-corrected chi connectivity index (χ0v) is 50.8. The molecule has 0 radical (unpaired) electrons. The van der Waals surface area contributed by atoms with E-state index in [1.165, 1.54) is 165 Å². The molecule has 430 valence electrons. The minimum absolute atomic E-state index is 1.21. The molecule has 0 amide bonds. The average molecular weight is 1170 g/mol. The molecule has 0 atom stereocenters. The number of fused-ring (bicyclic) bond motifs is 5. The summed E-state index contributed by atoms with van der Waals surface area (Å²) in [4.78, 5) is 0. The lowest BCUT2D eigenvalue weighted by Crippen LogP contribution is -1.93. The Bertz CT molecular complexity index is 5440. The topological polar surface area (TPSA) is 0 Å². The molecule has 0 N–H and O–H groups in total. The fourth-order valence-electron chi connectivity index (χ4n) is 14.1. The first-order valence-corrected chi connectivity index (χ1v) is 31.8. The maximum absolute atomic E-state index is 2.43. The predicted molar refractivity (Wildman–Crippen MR) is 395 cm³/mol. The molecule has 0 saturated heterocycles. The molecule has 92 heavy (non-hydrogen) atoms. The Kier molecular flexibility index (Phi) is 14.8. The van der Waals surface area contributed by atoms with Gasteiger partial charge in [0.05, 0.1) is 0 Å². The molecule has 0 heteroatoms. The molecule has 0 unspecified atom stereocenters. The van der Waals surface area contributed by atoms with Crippen LogP contribution in [0.25, 0.3) is 165 Å². The monoisotopic (exact) mass is 1170 g/mol. The van der Waals surface area contributed by atoms with Crippen LogP contribution in [-0.2, 0) is 0 Å². The van der Waals surface area contributed by atoms with Crippen molar-refractivity contribution in [3.8, 4) is 111 Å². The van der Waals surface area contributed by atoms with Crippen LogP contribution >= 0.6 is 0 Å². The van der Waals surface area contributed by atoms with Crippen molar-refractivity contribution in [2.45, 2.75) is 0 Å². The fourth-order valence-corrected chi connectivity index (χ4v) is 14.1. The Morgan fingerprint density at radius 1 is 0.109 bits per heavy atom. The zero-order valence-electron chi connectivity index (χ0n) is 50.8. The summed E-state index contributed by atoms with van der Waals surface area (Å²) in [7, 11) is 0. The molecule has 17 aromatic rings. The van der Waals surface area contributed by atoms with Crippen molar-refractivity contribution < 1.29 is 0 Å². The molecule has 0 bridgehead atoms. The molecule has 17 rings (SSSR count). The van der Waals surface area contributed by atoms with Gasteiger partial charge in [-0.15, -0.1) is 0 Å². The Morgan fingerprint density at radius 2 is 0.380 bits per heavy atom. The van der Waals surface area contributed by atoms with Gasteiger partial charge in [0.25, 0.3) is 0 Å². The second kappa shape index (κ2) is 24.5. The van der Waals surface area contributed by atoms with Crippen LogP contribution in [0.3, 0.4) is 0 Å². The molecule has 0 nitrogen and oxygen atoms in total. The van der Waals surface area contributed by atoms with Gasteiger partial charge >= 0.3 is 0 Å². The van der Waals surface area contributed by atoms with Gasteiger partial charge in [-0.2, -0.15) is 0 Å². The van der Waals surface area contributed by atoms with E-state index in [-0.39, 0.29) is 0 Å². The van der Waals surface area contributed by atoms with Crippen molar-refractivity contribution >= 4 is 53.9 Å². The Labute approximate surface area is 537 Å². The second-order valence-corrected chi connectivity index (χ2v) is 23.8. The predicted octanol–water partition coefficient (Wildman–Crippen LogP) is 25.8. The van der Waals surface area contributed by atoms with Crippen molar-refractivity contribution in [3.05, 3.63) is 376 Å². The summed E-state index contributed by atoms with van der Waals surface area (Å²) in [6, 6.07) is 137. The standard InChI is InChI=1S/C48H32.C44H30/c1-4-15-33(16-5-1)38-29-39(34-17-6-2-7-18-34)31-40(30-38)48-44-25-13-12-24-43(44)47(36-20-8-3-9-21-36)45-28-27-37(32-46(45)48)42-26-14-22-35-19-10-11-23-41(35)42;1-4-14-31(15-5-1)36-28-29-41-42(30-36)44(40-23-13-12-22-39(40)43(41)34-18-8-3-9-19-34)35-26-24-33(25-27-35)38-21-11-10-20-37(38)32-16-6-2-7-17-32/h1-32H;1-30H. The van der Waals surface area contributed by atoms with Crippen molar-refractivity contribution in [1.29, 1.82) is 0 Å². The maximum atomic E-state index is 2.43. The zero-order chi connectivity index (χ0) is 61.2. The van der Waals surface area contributed by atoms with E-state index in [9.17, 15) is 0 Å². The van der Waals surface area contributed by atoms with Gasteiger partial charge in [-0.25, -0.2) is 0 Å². The summed E-state index contributed by atoms with van der Waals surface area (Å²) in [5.74, 6) is 0. The highest BCUT2D eigenvalue weighted by Crippen LogP contribution is 2.49. The van der Waals surface area contributed by atoms with E-state index in [1.54, 1.807) is 0 Å². The quantitative estimate of drug-likeness (QED) is 0.120. The van der Waals surface area contributed by atoms with Crippen LogP contribution < -0.4 is 0 Å². The fraction of sp³-hybridized carbons (Fsp3) is 0. The lowest BCUT2D eigenvalue weighted by Gasteiger charge is -2.20. The Hall–Kier alpha value is -12.0. The summed E-state index contributed by atoms with van der Waals surface area (Å²) in [5, 5.41) is 12.6. The molecule has 0 saturated carbocycles. The third-order valence-corrected chi connectivity index (χ3v) is 18.3. The normalized spacial score (nSPS) is 11.3. The van der Waals surface area contributed by atoms with Crippen LogP contribution in [0.1, 0.15) is 0 Å². The molecule has 0 aromatic heterocycles. The first-order chi connectivity index (χ1) is 45.7. The van der Waals surface area contributed by atoms with Gasteiger partial charge in [-0.05, 0) is 195 Å². The second-order valence-electron chi connectivity index (χ2n) is 23.8. The molecular weight excluding hydrogens is 1110 g/mol. The molecule has 17 aromatic carbocycles. The third-order valence-electron chi connectivity index (χ3n) is 18.3. The maximum Gasteiger partial charge on any atom is -0.00257 e. The van der Waals surface area contributed by atoms with E-state index in [4.69, 9.17) is 0 Å². The van der Waals surface area contributed by atoms with Crippen molar-refractivity contribution in [1.82, 2.24) is 0 Å². The van der Waals surface area contributed by atoms with Crippen molar-refractivity contribution in [2.75, 3.05) is 0 Å². The summed E-state index contributed by atoms with van der Waals surface area (Å²) in [6.07, 6.45) is 0. The molecule has 0 aliphatic rings.